The molecule has 6 rings (SSSR count). The van der Waals surface area contributed by atoms with Crippen molar-refractivity contribution in [3.8, 4) is 17.3 Å². The molecule has 0 amide bonds. The highest BCUT2D eigenvalue weighted by Gasteiger charge is 2.49. The van der Waals surface area contributed by atoms with E-state index in [4.69, 9.17) is 35.5 Å². The molecule has 2 aromatic heterocycles. The molecule has 0 spiro atoms. The van der Waals surface area contributed by atoms with Crippen molar-refractivity contribution >= 4 is 28.5 Å². The molecule has 1 aromatic carbocycles. The maximum Gasteiger partial charge on any atom is 0.296 e. The molecule has 3 saturated heterocycles. The second kappa shape index (κ2) is 8.19. The van der Waals surface area contributed by atoms with Gasteiger partial charge in [-0.15, -0.1) is 0 Å². The monoisotopic (exact) mass is 456 g/mol. The van der Waals surface area contributed by atoms with E-state index in [0.717, 1.165) is 24.2 Å². The van der Waals surface area contributed by atoms with E-state index in [0.29, 0.717) is 35.6 Å². The predicted molar refractivity (Wildman–Crippen MR) is 120 cm³/mol. The molecule has 4 atom stereocenters. The van der Waals surface area contributed by atoms with Gasteiger partial charge in [0.05, 0.1) is 29.4 Å². The summed E-state index contributed by atoms with van der Waals surface area (Å²) < 4.78 is 23.1. The molecule has 8 nitrogen and oxygen atoms in total. The van der Waals surface area contributed by atoms with Crippen LogP contribution in [0.3, 0.4) is 0 Å². The molecule has 0 saturated carbocycles. The number of hydrogen-bond acceptors (Lipinski definition) is 7. The summed E-state index contributed by atoms with van der Waals surface area (Å²) >= 11 is 6.57. The SMILES string of the molecule is CO[C@@H]1COC2[C@H](Oc3nc4nc(-c5ccc(N6CCCC6)cc5)c(Cl)cc4[nH]3)CO[C@@H]21. The zero-order valence-corrected chi connectivity index (χ0v) is 18.5. The Labute approximate surface area is 190 Å². The Bertz CT molecular complexity index is 1120. The van der Waals surface area contributed by atoms with Crippen molar-refractivity contribution in [2.75, 3.05) is 38.3 Å². The quantitative estimate of drug-likeness (QED) is 0.629. The molecular formula is C23H25ClN4O4. The van der Waals surface area contributed by atoms with Gasteiger partial charge in [0.2, 0.25) is 0 Å². The van der Waals surface area contributed by atoms with Crippen LogP contribution in [0.5, 0.6) is 6.01 Å². The lowest BCUT2D eigenvalue weighted by molar-refractivity contribution is -0.0145. The zero-order chi connectivity index (χ0) is 21.7. The van der Waals surface area contributed by atoms with Crippen LogP contribution in [0.15, 0.2) is 30.3 Å². The van der Waals surface area contributed by atoms with Crippen LogP contribution in [-0.4, -0.2) is 72.8 Å². The molecule has 3 aliphatic rings. The number of fused-ring (bicyclic) bond motifs is 2. The number of imidazole rings is 1. The Hall–Kier alpha value is -2.39. The summed E-state index contributed by atoms with van der Waals surface area (Å²) in [6.07, 6.45) is 1.90. The third-order valence-corrected chi connectivity index (χ3v) is 6.83. The molecule has 32 heavy (non-hydrogen) atoms. The molecule has 3 aromatic rings. The highest BCUT2D eigenvalue weighted by atomic mass is 35.5. The van der Waals surface area contributed by atoms with Crippen LogP contribution in [0.4, 0.5) is 5.69 Å². The van der Waals surface area contributed by atoms with E-state index in [2.05, 4.69) is 39.1 Å². The van der Waals surface area contributed by atoms with Gasteiger partial charge in [-0.3, -0.25) is 0 Å². The standard InChI is InChI=1S/C23H25ClN4O4/c1-29-17-11-30-21-18(12-31-20(17)21)32-23-25-16-10-15(24)19(26-22(16)27-23)13-4-6-14(7-5-13)28-8-2-3-9-28/h4-7,10,17-18,20-21H,2-3,8-9,11-12H2,1H3,(H,25,26,27)/t17-,18-,20-,21?/m1/s1. The Morgan fingerprint density at radius 2 is 1.75 bits per heavy atom. The number of aromatic nitrogens is 3. The molecule has 1 unspecified atom stereocenters. The number of anilines is 1. The summed E-state index contributed by atoms with van der Waals surface area (Å²) in [5.41, 5.74) is 4.18. The maximum absolute atomic E-state index is 6.57. The fraction of sp³-hybridized carbons (Fsp3) is 0.478. The molecule has 3 fully saturated rings. The van der Waals surface area contributed by atoms with Crippen molar-refractivity contribution in [3.63, 3.8) is 0 Å². The minimum absolute atomic E-state index is 0.0656. The first kappa shape index (κ1) is 20.2. The van der Waals surface area contributed by atoms with Gasteiger partial charge in [-0.25, -0.2) is 4.98 Å². The van der Waals surface area contributed by atoms with Crippen molar-refractivity contribution in [3.05, 3.63) is 35.4 Å². The van der Waals surface area contributed by atoms with Crippen molar-refractivity contribution < 1.29 is 18.9 Å². The number of H-pyrrole nitrogens is 1. The summed E-state index contributed by atoms with van der Waals surface area (Å²) in [6.45, 7) is 3.16. The van der Waals surface area contributed by atoms with E-state index in [1.165, 1.54) is 18.5 Å². The van der Waals surface area contributed by atoms with E-state index in [9.17, 15) is 0 Å². The van der Waals surface area contributed by atoms with Crippen molar-refractivity contribution in [2.24, 2.45) is 0 Å². The van der Waals surface area contributed by atoms with Crippen LogP contribution in [-0.2, 0) is 14.2 Å². The average Bonchev–Trinajstić information content (AvgIpc) is 3.59. The van der Waals surface area contributed by atoms with E-state index in [1.807, 2.05) is 6.07 Å². The molecule has 0 bridgehead atoms. The molecule has 9 heteroatoms. The number of benzene rings is 1. The normalized spacial score (nSPS) is 27.4. The Morgan fingerprint density at radius 1 is 1.03 bits per heavy atom. The van der Waals surface area contributed by atoms with Gasteiger partial charge in [-0.1, -0.05) is 23.7 Å². The summed E-state index contributed by atoms with van der Waals surface area (Å²) in [7, 11) is 1.67. The number of nitrogens with one attached hydrogen (secondary N) is 1. The average molecular weight is 457 g/mol. The second-order valence-electron chi connectivity index (χ2n) is 8.50. The fourth-order valence-corrected chi connectivity index (χ4v) is 5.10. The predicted octanol–water partition coefficient (Wildman–Crippen LogP) is 3.44. The summed E-state index contributed by atoms with van der Waals surface area (Å²) in [6, 6.07) is 10.6. The van der Waals surface area contributed by atoms with Crippen LogP contribution in [0, 0.1) is 0 Å². The van der Waals surface area contributed by atoms with Gasteiger partial charge in [-0.05, 0) is 31.0 Å². The van der Waals surface area contributed by atoms with Gasteiger partial charge >= 0.3 is 0 Å². The molecule has 3 aliphatic heterocycles. The van der Waals surface area contributed by atoms with Gasteiger partial charge in [0.15, 0.2) is 11.8 Å². The minimum Gasteiger partial charge on any atom is -0.456 e. The zero-order valence-electron chi connectivity index (χ0n) is 17.8. The Balaban J connectivity index is 1.23. The number of nitrogens with zero attached hydrogens (tertiary/aromatic N) is 3. The second-order valence-corrected chi connectivity index (χ2v) is 8.91. The maximum atomic E-state index is 6.57. The lowest BCUT2D eigenvalue weighted by Gasteiger charge is -2.17. The first-order valence-corrected chi connectivity index (χ1v) is 11.4. The van der Waals surface area contributed by atoms with Gasteiger partial charge in [0.1, 0.15) is 18.3 Å². The lowest BCUT2D eigenvalue weighted by atomic mass is 10.1. The summed E-state index contributed by atoms with van der Waals surface area (Å²) in [4.78, 5) is 14.8. The third kappa shape index (κ3) is 3.51. The van der Waals surface area contributed by atoms with Crippen LogP contribution >= 0.6 is 11.6 Å². The van der Waals surface area contributed by atoms with Crippen molar-refractivity contribution in [2.45, 2.75) is 37.3 Å². The molecule has 0 radical (unpaired) electrons. The molecule has 5 heterocycles. The summed E-state index contributed by atoms with van der Waals surface area (Å²) in [5.74, 6) is 0. The largest absolute Gasteiger partial charge is 0.456 e. The fourth-order valence-electron chi connectivity index (χ4n) is 4.84. The van der Waals surface area contributed by atoms with Crippen LogP contribution < -0.4 is 9.64 Å². The number of hydrogen-bond donors (Lipinski definition) is 1. The number of pyridine rings is 1. The van der Waals surface area contributed by atoms with Crippen molar-refractivity contribution in [1.82, 2.24) is 15.0 Å². The lowest BCUT2D eigenvalue weighted by Crippen LogP contribution is -2.35. The van der Waals surface area contributed by atoms with Crippen molar-refractivity contribution in [1.29, 1.82) is 0 Å². The summed E-state index contributed by atoms with van der Waals surface area (Å²) in [5, 5.41) is 0.563. The molecular weight excluding hydrogens is 432 g/mol. The van der Waals surface area contributed by atoms with Crippen LogP contribution in [0.25, 0.3) is 22.4 Å². The molecule has 168 valence electrons. The minimum atomic E-state index is -0.256. The highest BCUT2D eigenvalue weighted by Crippen LogP contribution is 2.33. The van der Waals surface area contributed by atoms with Gasteiger partial charge in [-0.2, -0.15) is 4.98 Å². The highest BCUT2D eigenvalue weighted by molar-refractivity contribution is 6.33. The van der Waals surface area contributed by atoms with Gasteiger partial charge < -0.3 is 28.8 Å². The topological polar surface area (TPSA) is 81.7 Å². The van der Waals surface area contributed by atoms with Gasteiger partial charge in [0.25, 0.3) is 6.01 Å². The number of methoxy groups -OCH3 is 1. The van der Waals surface area contributed by atoms with Crippen LogP contribution in [0.1, 0.15) is 12.8 Å². The number of halogens is 1. The molecule has 0 aliphatic carbocycles. The van der Waals surface area contributed by atoms with E-state index in [-0.39, 0.29) is 24.4 Å². The molecule has 1 N–H and O–H groups in total. The van der Waals surface area contributed by atoms with E-state index in [1.54, 1.807) is 7.11 Å². The Kier molecular flexibility index (Phi) is 5.18. The van der Waals surface area contributed by atoms with Gasteiger partial charge in [0, 0.05) is 31.5 Å². The van der Waals surface area contributed by atoms with Crippen LogP contribution in [0.2, 0.25) is 5.02 Å². The van der Waals surface area contributed by atoms with E-state index >= 15 is 0 Å². The number of rotatable bonds is 5. The smallest absolute Gasteiger partial charge is 0.296 e. The Morgan fingerprint density at radius 3 is 2.50 bits per heavy atom. The van der Waals surface area contributed by atoms with E-state index < -0.39 is 0 Å². The first-order valence-electron chi connectivity index (χ1n) is 11.0. The number of ether oxygens (including phenoxy) is 4. The number of aromatic amines is 1. The third-order valence-electron chi connectivity index (χ3n) is 6.55. The first-order chi connectivity index (χ1) is 15.7.